The molecule has 8 heteroatoms. The van der Waals surface area contributed by atoms with E-state index in [1.165, 1.54) is 30.6 Å². The molecule has 2 N–H and O–H groups in total. The highest BCUT2D eigenvalue weighted by Gasteiger charge is 2.54. The lowest BCUT2D eigenvalue weighted by Crippen LogP contribution is -2.51. The van der Waals surface area contributed by atoms with Crippen molar-refractivity contribution in [2.75, 3.05) is 18.1 Å². The van der Waals surface area contributed by atoms with Crippen molar-refractivity contribution in [3.8, 4) is 0 Å². The molecule has 0 aromatic carbocycles. The fraction of sp³-hybridized carbons (Fsp3) is 0.727. The summed E-state index contributed by atoms with van der Waals surface area (Å²) in [6.45, 7) is 5.88. The van der Waals surface area contributed by atoms with Crippen molar-refractivity contribution < 1.29 is 18.0 Å². The molecular weight excluding hydrogens is 420 g/mol. The van der Waals surface area contributed by atoms with Gasteiger partial charge in [0.15, 0.2) is 5.78 Å². The van der Waals surface area contributed by atoms with Gasteiger partial charge >= 0.3 is 0 Å². The van der Waals surface area contributed by atoms with Crippen molar-refractivity contribution in [2.45, 2.75) is 64.7 Å². The zero-order chi connectivity index (χ0) is 21.9. The second kappa shape index (κ2) is 7.41. The molecule has 4 saturated carbocycles. The summed E-state index contributed by atoms with van der Waals surface area (Å²) in [5.74, 6) is 1.71. The van der Waals surface area contributed by atoms with Crippen LogP contribution in [-0.2, 0) is 20.2 Å². The molecule has 5 rings (SSSR count). The Balaban J connectivity index is 1.59. The van der Waals surface area contributed by atoms with Crippen molar-refractivity contribution >= 4 is 38.1 Å². The van der Waals surface area contributed by atoms with Crippen molar-refractivity contribution in [1.82, 2.24) is 4.72 Å². The average molecular weight is 453 g/mol. The minimum absolute atomic E-state index is 0.0500. The van der Waals surface area contributed by atoms with Gasteiger partial charge in [-0.2, -0.15) is 0 Å². The summed E-state index contributed by atoms with van der Waals surface area (Å²) < 4.78 is 25.1. The molecule has 166 valence electrons. The third-order valence-corrected chi connectivity index (χ3v) is 9.16. The normalized spacial score (nSPS) is 30.5. The predicted octanol–water partition coefficient (Wildman–Crippen LogP) is 3.93. The molecule has 0 saturated heterocycles. The van der Waals surface area contributed by atoms with E-state index in [1.807, 2.05) is 6.07 Å². The van der Waals surface area contributed by atoms with Gasteiger partial charge in [0.1, 0.15) is 5.00 Å². The van der Waals surface area contributed by atoms with Crippen LogP contribution >= 0.6 is 11.3 Å². The summed E-state index contributed by atoms with van der Waals surface area (Å²) in [5.41, 5.74) is -0.0706. The lowest BCUT2D eigenvalue weighted by Gasteiger charge is -2.55. The molecule has 0 atom stereocenters. The molecule has 4 bridgehead atoms. The predicted molar refractivity (Wildman–Crippen MR) is 119 cm³/mol. The highest BCUT2D eigenvalue weighted by Crippen LogP contribution is 2.60. The number of Topliss-reactive ketones (excluding diaryl/α,β-unsaturated/α-hetero) is 1. The average Bonchev–Trinajstić information content (AvgIpc) is 3.02. The number of anilines is 1. The third kappa shape index (κ3) is 4.36. The second-order valence-corrected chi connectivity index (χ2v) is 13.7. The highest BCUT2D eigenvalue weighted by molar-refractivity contribution is 7.88. The third-order valence-electron chi connectivity index (χ3n) is 7.01. The first kappa shape index (κ1) is 22.0. The van der Waals surface area contributed by atoms with Gasteiger partial charge in [0.05, 0.1) is 23.8 Å². The Morgan fingerprint density at radius 3 is 2.10 bits per heavy atom. The number of hydrogen-bond acceptors (Lipinski definition) is 5. The standard InChI is InChI=1S/C22H32N2O4S2/c1-21(2,3)18-8-16(17(25)12-23-30(4,27)28)19(29-18)24-20(26)22-9-13-5-14(10-22)7-15(6-13)11-22/h8,13-15,23H,5-7,9-12H2,1-4H3,(H,24,26). The fourth-order valence-corrected chi connectivity index (χ4v) is 7.50. The Morgan fingerprint density at radius 2 is 1.63 bits per heavy atom. The molecule has 0 radical (unpaired) electrons. The Labute approximate surface area is 183 Å². The summed E-state index contributed by atoms with van der Waals surface area (Å²) >= 11 is 1.43. The number of hydrogen-bond donors (Lipinski definition) is 2. The molecule has 6 nitrogen and oxygen atoms in total. The van der Waals surface area contributed by atoms with E-state index >= 15 is 0 Å². The van der Waals surface area contributed by atoms with E-state index in [1.54, 1.807) is 0 Å². The SMILES string of the molecule is CC(C)(C)c1cc(C(=O)CNS(C)(=O)=O)c(NC(=O)C23CC4CC(CC(C4)C2)C3)s1. The van der Waals surface area contributed by atoms with Crippen LogP contribution in [0.15, 0.2) is 6.07 Å². The van der Waals surface area contributed by atoms with E-state index in [9.17, 15) is 18.0 Å². The zero-order valence-corrected chi connectivity index (χ0v) is 19.8. The monoisotopic (exact) mass is 452 g/mol. The van der Waals surface area contributed by atoms with E-state index in [4.69, 9.17) is 0 Å². The molecule has 1 aromatic rings. The summed E-state index contributed by atoms with van der Waals surface area (Å²) in [4.78, 5) is 27.3. The van der Waals surface area contributed by atoms with Crippen LogP contribution in [0.2, 0.25) is 0 Å². The van der Waals surface area contributed by atoms with E-state index in [2.05, 4.69) is 30.8 Å². The molecule has 0 unspecified atom stereocenters. The van der Waals surface area contributed by atoms with Gasteiger partial charge in [-0.05, 0) is 67.8 Å². The Kier molecular flexibility index (Phi) is 5.43. The fourth-order valence-electron chi connectivity index (χ4n) is 5.98. The van der Waals surface area contributed by atoms with Gasteiger partial charge in [0, 0.05) is 4.88 Å². The van der Waals surface area contributed by atoms with Crippen LogP contribution in [0.5, 0.6) is 0 Å². The second-order valence-electron chi connectivity index (χ2n) is 10.8. The molecule has 0 aliphatic heterocycles. The highest BCUT2D eigenvalue weighted by atomic mass is 32.2. The van der Waals surface area contributed by atoms with E-state index in [0.29, 0.717) is 28.3 Å². The van der Waals surface area contributed by atoms with Crippen LogP contribution < -0.4 is 10.0 Å². The zero-order valence-electron chi connectivity index (χ0n) is 18.2. The Bertz CT molecular complexity index is 936. The van der Waals surface area contributed by atoms with E-state index in [0.717, 1.165) is 30.4 Å². The van der Waals surface area contributed by atoms with E-state index < -0.39 is 10.0 Å². The molecule has 1 heterocycles. The summed E-state index contributed by atoms with van der Waals surface area (Å²) in [6.07, 6.45) is 7.70. The number of sulfonamides is 1. The summed E-state index contributed by atoms with van der Waals surface area (Å²) in [7, 11) is -3.47. The van der Waals surface area contributed by atoms with Gasteiger partial charge < -0.3 is 5.32 Å². The quantitative estimate of drug-likeness (QED) is 0.640. The summed E-state index contributed by atoms with van der Waals surface area (Å²) in [5, 5.41) is 3.68. The number of carbonyl (C=O) groups is 2. The van der Waals surface area contributed by atoms with Gasteiger partial charge in [-0.3, -0.25) is 9.59 Å². The van der Waals surface area contributed by atoms with Crippen LogP contribution in [0.3, 0.4) is 0 Å². The molecule has 30 heavy (non-hydrogen) atoms. The maximum absolute atomic E-state index is 13.5. The van der Waals surface area contributed by atoms with E-state index in [-0.39, 0.29) is 29.1 Å². The maximum Gasteiger partial charge on any atom is 0.231 e. The largest absolute Gasteiger partial charge is 0.317 e. The van der Waals surface area contributed by atoms with Crippen molar-refractivity contribution in [1.29, 1.82) is 0 Å². The number of amides is 1. The first-order chi connectivity index (χ1) is 13.8. The van der Waals surface area contributed by atoms with Crippen LogP contribution in [0, 0.1) is 23.2 Å². The van der Waals surface area contributed by atoms with Gasteiger partial charge in [0.25, 0.3) is 0 Å². The molecule has 1 aromatic heterocycles. The molecule has 4 aliphatic carbocycles. The minimum Gasteiger partial charge on any atom is -0.317 e. The van der Waals surface area contributed by atoms with Gasteiger partial charge in [-0.1, -0.05) is 20.8 Å². The van der Waals surface area contributed by atoms with Crippen LogP contribution in [-0.4, -0.2) is 32.9 Å². The molecule has 1 amide bonds. The van der Waals surface area contributed by atoms with Gasteiger partial charge in [0.2, 0.25) is 15.9 Å². The number of ketones is 1. The lowest BCUT2D eigenvalue weighted by atomic mass is 9.49. The smallest absolute Gasteiger partial charge is 0.231 e. The van der Waals surface area contributed by atoms with Gasteiger partial charge in [-0.15, -0.1) is 11.3 Å². The van der Waals surface area contributed by atoms with Crippen LogP contribution in [0.1, 0.15) is 74.5 Å². The van der Waals surface area contributed by atoms with Crippen molar-refractivity contribution in [2.24, 2.45) is 23.2 Å². The van der Waals surface area contributed by atoms with Crippen LogP contribution in [0.4, 0.5) is 5.00 Å². The van der Waals surface area contributed by atoms with Crippen LogP contribution in [0.25, 0.3) is 0 Å². The molecule has 4 fully saturated rings. The first-order valence-corrected chi connectivity index (χ1v) is 13.5. The topological polar surface area (TPSA) is 92.3 Å². The number of carbonyl (C=O) groups excluding carboxylic acids is 2. The maximum atomic E-state index is 13.5. The van der Waals surface area contributed by atoms with Gasteiger partial charge in [-0.25, -0.2) is 13.1 Å². The number of nitrogens with one attached hydrogen (secondary N) is 2. The lowest BCUT2D eigenvalue weighted by molar-refractivity contribution is -0.140. The first-order valence-electron chi connectivity index (χ1n) is 10.8. The number of thiophene rings is 1. The molecule has 4 aliphatic rings. The minimum atomic E-state index is -3.47. The van der Waals surface area contributed by atoms with Crippen molar-refractivity contribution in [3.05, 3.63) is 16.5 Å². The van der Waals surface area contributed by atoms with Crippen molar-refractivity contribution in [3.63, 3.8) is 0 Å². The summed E-state index contributed by atoms with van der Waals surface area (Å²) in [6, 6.07) is 1.81. The Hall–Kier alpha value is -1.25. The molecule has 0 spiro atoms. The Morgan fingerprint density at radius 1 is 1.10 bits per heavy atom. The number of rotatable bonds is 6. The molecular formula is C22H32N2O4S2.